The van der Waals surface area contributed by atoms with Crippen LogP contribution in [0.2, 0.25) is 0 Å². The number of carboxylic acids is 1. The minimum absolute atomic E-state index is 0.273. The topological polar surface area (TPSA) is 64.8 Å². The Labute approximate surface area is 60.1 Å². The van der Waals surface area contributed by atoms with Crippen LogP contribution in [0.5, 0.6) is 0 Å². The van der Waals surface area contributed by atoms with E-state index >= 15 is 0 Å². The van der Waals surface area contributed by atoms with Gasteiger partial charge in [-0.15, -0.1) is 0 Å². The fourth-order valence-corrected chi connectivity index (χ4v) is 0.736. The minimum atomic E-state index is -1.20. The molecule has 0 heterocycles. The zero-order valence-electron chi connectivity index (χ0n) is 6.26. The maximum absolute atomic E-state index is 9.91. The van der Waals surface area contributed by atoms with Crippen molar-refractivity contribution in [3.05, 3.63) is 0 Å². The highest BCUT2D eigenvalue weighted by Gasteiger charge is 2.07. The summed E-state index contributed by atoms with van der Waals surface area (Å²) in [6.07, 6.45) is -1.06. The number of hydrogen-bond donors (Lipinski definition) is 2. The Hall–Kier alpha value is -0.610. The first-order chi connectivity index (χ1) is 4.52. The van der Waals surface area contributed by atoms with Gasteiger partial charge in [-0.05, 0) is 0 Å². The van der Waals surface area contributed by atoms with Crippen molar-refractivity contribution in [2.75, 3.05) is 20.6 Å². The van der Waals surface area contributed by atoms with Crippen LogP contribution >= 0.6 is 0 Å². The number of carboxylic acid groups (broad SMARTS) is 1. The van der Waals surface area contributed by atoms with Gasteiger partial charge in [-0.2, -0.15) is 0 Å². The molecule has 0 bridgehead atoms. The first-order valence-electron chi connectivity index (χ1n) is 3.19. The molecule has 0 unspecified atom stereocenters. The third-order valence-corrected chi connectivity index (χ3v) is 1.05. The number of carbonyl (C=O) groups is 1. The molecule has 0 aliphatic heterocycles. The molecule has 0 spiro atoms. The van der Waals surface area contributed by atoms with Gasteiger partial charge in [-0.1, -0.05) is 0 Å². The van der Waals surface area contributed by atoms with Gasteiger partial charge < -0.3 is 19.9 Å². The van der Waals surface area contributed by atoms with Crippen LogP contribution in [0.4, 0.5) is 0 Å². The second-order valence-corrected chi connectivity index (χ2v) is 2.64. The van der Waals surface area contributed by atoms with Crippen molar-refractivity contribution < 1.29 is 19.9 Å². The lowest BCUT2D eigenvalue weighted by atomic mass is 10.2. The largest absolute Gasteiger partial charge is 0.550 e. The molecule has 4 heteroatoms. The number of nitrogens with one attached hydrogen (secondary N) is 1. The first-order valence-corrected chi connectivity index (χ1v) is 3.19. The molecule has 0 aromatic rings. The zero-order valence-corrected chi connectivity index (χ0v) is 6.26. The third kappa shape index (κ3) is 5.53. The Morgan fingerprint density at radius 2 is 2.20 bits per heavy atom. The van der Waals surface area contributed by atoms with Crippen LogP contribution in [0.1, 0.15) is 6.42 Å². The Balaban J connectivity index is 3.43. The normalized spacial score (nSPS) is 13.6. The van der Waals surface area contributed by atoms with Crippen molar-refractivity contribution in [2.45, 2.75) is 12.5 Å². The maximum atomic E-state index is 9.91. The number of likely N-dealkylation sites (N-methyl/N-ethyl adjacent to an activating group) is 1. The van der Waals surface area contributed by atoms with Gasteiger partial charge in [0.15, 0.2) is 0 Å². The molecule has 0 saturated carbocycles. The van der Waals surface area contributed by atoms with Gasteiger partial charge in [0.2, 0.25) is 0 Å². The molecule has 0 rings (SSSR count). The van der Waals surface area contributed by atoms with Crippen LogP contribution in [0.25, 0.3) is 0 Å². The van der Waals surface area contributed by atoms with Crippen LogP contribution in [0.3, 0.4) is 0 Å². The van der Waals surface area contributed by atoms with Crippen molar-refractivity contribution in [3.8, 4) is 0 Å². The SMILES string of the molecule is C[NH+](C)C[C@H](O)CC(=O)[O-]. The minimum Gasteiger partial charge on any atom is -0.550 e. The molecule has 0 radical (unpaired) electrons. The average molecular weight is 147 g/mol. The maximum Gasteiger partial charge on any atom is 0.108 e. The highest BCUT2D eigenvalue weighted by Crippen LogP contribution is 1.83. The molecule has 0 amide bonds. The fourth-order valence-electron chi connectivity index (χ4n) is 0.736. The predicted molar refractivity (Wildman–Crippen MR) is 33.3 cm³/mol. The summed E-state index contributed by atoms with van der Waals surface area (Å²) in [6.45, 7) is 0.438. The summed E-state index contributed by atoms with van der Waals surface area (Å²) < 4.78 is 0. The van der Waals surface area contributed by atoms with Gasteiger partial charge in [0.1, 0.15) is 12.6 Å². The molecular weight excluding hydrogens is 134 g/mol. The predicted octanol–water partition coefficient (Wildman–Crippen LogP) is -3.37. The van der Waals surface area contributed by atoms with Gasteiger partial charge in [0.05, 0.1) is 14.1 Å². The van der Waals surface area contributed by atoms with Crippen LogP contribution in [-0.2, 0) is 4.79 Å². The van der Waals surface area contributed by atoms with Crippen LogP contribution in [0, 0.1) is 0 Å². The van der Waals surface area contributed by atoms with Crippen molar-refractivity contribution in [2.24, 2.45) is 0 Å². The lowest BCUT2D eigenvalue weighted by molar-refractivity contribution is -0.861. The van der Waals surface area contributed by atoms with E-state index in [1.54, 1.807) is 0 Å². The molecule has 60 valence electrons. The summed E-state index contributed by atoms with van der Waals surface area (Å²) in [7, 11) is 3.69. The third-order valence-electron chi connectivity index (χ3n) is 1.05. The number of rotatable bonds is 4. The van der Waals surface area contributed by atoms with Crippen molar-refractivity contribution in [1.82, 2.24) is 0 Å². The molecule has 4 nitrogen and oxygen atoms in total. The Bertz CT molecular complexity index is 114. The molecule has 10 heavy (non-hydrogen) atoms. The summed E-state index contributed by atoms with van der Waals surface area (Å²) in [5, 5.41) is 18.9. The molecule has 0 aliphatic rings. The number of quaternary nitrogens is 1. The fraction of sp³-hybridized carbons (Fsp3) is 0.833. The highest BCUT2D eigenvalue weighted by atomic mass is 16.4. The van der Waals surface area contributed by atoms with Crippen molar-refractivity contribution in [3.63, 3.8) is 0 Å². The summed E-state index contributed by atoms with van der Waals surface area (Å²) in [4.78, 5) is 10.9. The van der Waals surface area contributed by atoms with Crippen LogP contribution < -0.4 is 10.0 Å². The van der Waals surface area contributed by atoms with E-state index < -0.39 is 12.1 Å². The average Bonchev–Trinajstić information content (AvgIpc) is 1.58. The Morgan fingerprint density at radius 1 is 1.70 bits per heavy atom. The second-order valence-electron chi connectivity index (χ2n) is 2.64. The van der Waals surface area contributed by atoms with Gasteiger partial charge in [0, 0.05) is 12.4 Å². The molecule has 2 N–H and O–H groups in total. The standard InChI is InChI=1S/C6H13NO3/c1-7(2)4-5(8)3-6(9)10/h5,8H,3-4H2,1-2H3,(H,9,10)/t5-/m1/s1. The molecule has 0 saturated heterocycles. The van der Waals surface area contributed by atoms with Crippen molar-refractivity contribution >= 4 is 5.97 Å². The van der Waals surface area contributed by atoms with E-state index in [-0.39, 0.29) is 6.42 Å². The first kappa shape index (κ1) is 9.39. The lowest BCUT2D eigenvalue weighted by Crippen LogP contribution is -3.07. The van der Waals surface area contributed by atoms with E-state index in [2.05, 4.69) is 0 Å². The van der Waals surface area contributed by atoms with Crippen LogP contribution in [-0.4, -0.2) is 37.8 Å². The van der Waals surface area contributed by atoms with E-state index in [1.165, 1.54) is 0 Å². The Morgan fingerprint density at radius 3 is 2.50 bits per heavy atom. The van der Waals surface area contributed by atoms with E-state index in [1.807, 2.05) is 14.1 Å². The van der Waals surface area contributed by atoms with Gasteiger partial charge >= 0.3 is 0 Å². The molecule has 1 atom stereocenters. The molecular formula is C6H13NO3. The van der Waals surface area contributed by atoms with E-state index in [9.17, 15) is 9.90 Å². The van der Waals surface area contributed by atoms with Gasteiger partial charge in [-0.25, -0.2) is 0 Å². The number of aliphatic hydroxyl groups excluding tert-OH is 1. The van der Waals surface area contributed by atoms with E-state index in [4.69, 9.17) is 5.11 Å². The Kier molecular flexibility index (Phi) is 3.99. The lowest BCUT2D eigenvalue weighted by Gasteiger charge is -2.13. The molecule has 0 aliphatic carbocycles. The summed E-state index contributed by atoms with van der Waals surface area (Å²) in [6, 6.07) is 0. The number of carbonyl (C=O) groups excluding carboxylic acids is 1. The zero-order chi connectivity index (χ0) is 8.15. The van der Waals surface area contributed by atoms with Gasteiger partial charge in [0.25, 0.3) is 0 Å². The highest BCUT2D eigenvalue weighted by molar-refractivity contribution is 5.64. The quantitative estimate of drug-likeness (QED) is 0.436. The summed E-state index contributed by atoms with van der Waals surface area (Å²) in [5.41, 5.74) is 0. The molecule has 0 aromatic heterocycles. The van der Waals surface area contributed by atoms with E-state index in [0.29, 0.717) is 6.54 Å². The number of hydrogen-bond acceptors (Lipinski definition) is 3. The van der Waals surface area contributed by atoms with Crippen molar-refractivity contribution in [1.29, 1.82) is 0 Å². The van der Waals surface area contributed by atoms with E-state index in [0.717, 1.165) is 4.90 Å². The van der Waals surface area contributed by atoms with Gasteiger partial charge in [-0.3, -0.25) is 0 Å². The summed E-state index contributed by atoms with van der Waals surface area (Å²) >= 11 is 0. The number of aliphatic carboxylic acids is 1. The molecule has 0 aromatic carbocycles. The van der Waals surface area contributed by atoms with Crippen LogP contribution in [0.15, 0.2) is 0 Å². The monoisotopic (exact) mass is 147 g/mol. The smallest absolute Gasteiger partial charge is 0.108 e. The molecule has 0 fully saturated rings. The number of aliphatic hydroxyl groups is 1. The second kappa shape index (κ2) is 4.24. The summed E-state index contributed by atoms with van der Waals surface area (Å²) in [5.74, 6) is -1.20.